The van der Waals surface area contributed by atoms with Gasteiger partial charge in [-0.2, -0.15) is 0 Å². The van der Waals surface area contributed by atoms with Crippen molar-refractivity contribution in [2.45, 2.75) is 0 Å². The summed E-state index contributed by atoms with van der Waals surface area (Å²) in [5.41, 5.74) is 1.69. The Hall–Kier alpha value is -2.59. The molecule has 0 bridgehead atoms. The standard InChI is InChI=1S/C19H15BrO3/c20-19-4-2-1-3-15(19)8-12-18(23)13-17(22)11-7-14-5-9-16(21)10-6-14/h1-13,21-22H/b11-7+,12-8+,17-13-. The van der Waals surface area contributed by atoms with Crippen LogP contribution in [0.3, 0.4) is 0 Å². The van der Waals surface area contributed by atoms with E-state index in [2.05, 4.69) is 15.9 Å². The quantitative estimate of drug-likeness (QED) is 0.447. The monoisotopic (exact) mass is 370 g/mol. The predicted octanol–water partition coefficient (Wildman–Crippen LogP) is 4.89. The van der Waals surface area contributed by atoms with E-state index in [9.17, 15) is 15.0 Å². The molecule has 2 N–H and O–H groups in total. The van der Waals surface area contributed by atoms with Crippen LogP contribution >= 0.6 is 15.9 Å². The topological polar surface area (TPSA) is 57.5 Å². The fourth-order valence-electron chi connectivity index (χ4n) is 1.79. The fourth-order valence-corrected chi connectivity index (χ4v) is 2.21. The summed E-state index contributed by atoms with van der Waals surface area (Å²) in [6.07, 6.45) is 7.29. The Morgan fingerprint density at radius 1 is 0.957 bits per heavy atom. The first-order valence-electron chi connectivity index (χ1n) is 6.89. The number of allylic oxidation sites excluding steroid dienone is 3. The molecule has 0 radical (unpaired) electrons. The lowest BCUT2D eigenvalue weighted by Gasteiger charge is -1.96. The molecule has 23 heavy (non-hydrogen) atoms. The molecule has 3 nitrogen and oxygen atoms in total. The Morgan fingerprint density at radius 3 is 2.35 bits per heavy atom. The van der Waals surface area contributed by atoms with Gasteiger partial charge in [0.1, 0.15) is 11.5 Å². The number of carbonyl (C=O) groups excluding carboxylic acids is 1. The summed E-state index contributed by atoms with van der Waals surface area (Å²) in [6.45, 7) is 0. The first kappa shape index (κ1) is 16.8. The van der Waals surface area contributed by atoms with Crippen molar-refractivity contribution in [2.75, 3.05) is 0 Å². The molecule has 0 aliphatic carbocycles. The molecule has 0 heterocycles. The van der Waals surface area contributed by atoms with Gasteiger partial charge >= 0.3 is 0 Å². The van der Waals surface area contributed by atoms with Gasteiger partial charge in [0.05, 0.1) is 0 Å². The molecule has 116 valence electrons. The predicted molar refractivity (Wildman–Crippen MR) is 96.0 cm³/mol. The first-order valence-corrected chi connectivity index (χ1v) is 7.68. The summed E-state index contributed by atoms with van der Waals surface area (Å²) in [5, 5.41) is 18.9. The Morgan fingerprint density at radius 2 is 1.65 bits per heavy atom. The molecule has 2 rings (SSSR count). The van der Waals surface area contributed by atoms with E-state index in [0.717, 1.165) is 21.7 Å². The normalized spacial score (nSPS) is 12.1. The number of phenols is 1. The average Bonchev–Trinajstić information content (AvgIpc) is 2.53. The Balaban J connectivity index is 2.01. The van der Waals surface area contributed by atoms with Crippen molar-refractivity contribution in [2.24, 2.45) is 0 Å². The lowest BCUT2D eigenvalue weighted by Crippen LogP contribution is -1.88. The van der Waals surface area contributed by atoms with Gasteiger partial charge in [-0.1, -0.05) is 52.3 Å². The molecule has 2 aromatic carbocycles. The largest absolute Gasteiger partial charge is 0.508 e. The molecule has 0 unspecified atom stereocenters. The maximum Gasteiger partial charge on any atom is 0.182 e. The van der Waals surface area contributed by atoms with Crippen molar-refractivity contribution in [3.05, 3.63) is 88.1 Å². The van der Waals surface area contributed by atoms with Crippen LogP contribution in [0.1, 0.15) is 11.1 Å². The van der Waals surface area contributed by atoms with Gasteiger partial charge in [0.2, 0.25) is 0 Å². The van der Waals surface area contributed by atoms with Gasteiger partial charge in [-0.3, -0.25) is 4.79 Å². The molecular weight excluding hydrogens is 356 g/mol. The zero-order valence-electron chi connectivity index (χ0n) is 12.2. The first-order chi connectivity index (χ1) is 11.0. The number of phenolic OH excluding ortho intramolecular Hbond substituents is 1. The number of benzene rings is 2. The molecule has 2 aromatic rings. The third-order valence-electron chi connectivity index (χ3n) is 2.96. The fraction of sp³-hybridized carbons (Fsp3) is 0. The van der Waals surface area contributed by atoms with Gasteiger partial charge < -0.3 is 10.2 Å². The molecule has 0 saturated heterocycles. The van der Waals surface area contributed by atoms with Crippen molar-refractivity contribution in [3.8, 4) is 5.75 Å². The van der Waals surface area contributed by atoms with Crippen LogP contribution in [-0.4, -0.2) is 16.0 Å². The molecule has 0 aliphatic heterocycles. The number of halogens is 1. The van der Waals surface area contributed by atoms with E-state index in [1.165, 1.54) is 12.2 Å². The van der Waals surface area contributed by atoms with Crippen molar-refractivity contribution in [3.63, 3.8) is 0 Å². The van der Waals surface area contributed by atoms with Crippen molar-refractivity contribution >= 4 is 33.9 Å². The average molecular weight is 371 g/mol. The number of hydrogen-bond acceptors (Lipinski definition) is 3. The van der Waals surface area contributed by atoms with Crippen LogP contribution in [0.4, 0.5) is 0 Å². The molecule has 0 spiro atoms. The van der Waals surface area contributed by atoms with E-state index in [4.69, 9.17) is 0 Å². The second-order valence-corrected chi connectivity index (χ2v) is 5.61. The maximum absolute atomic E-state index is 11.8. The molecular formula is C19H15BrO3. The summed E-state index contributed by atoms with van der Waals surface area (Å²) in [4.78, 5) is 11.8. The van der Waals surface area contributed by atoms with Gasteiger partial charge in [-0.15, -0.1) is 0 Å². The number of aromatic hydroxyl groups is 1. The van der Waals surface area contributed by atoms with Gasteiger partial charge in [0, 0.05) is 10.5 Å². The number of carbonyl (C=O) groups is 1. The molecule has 4 heteroatoms. The summed E-state index contributed by atoms with van der Waals surface area (Å²) in [6, 6.07) is 14.0. The van der Waals surface area contributed by atoms with E-state index >= 15 is 0 Å². The van der Waals surface area contributed by atoms with Crippen LogP contribution in [0.25, 0.3) is 12.2 Å². The molecule has 0 saturated carbocycles. The minimum atomic E-state index is -0.311. The smallest absolute Gasteiger partial charge is 0.182 e. The Labute approximate surface area is 143 Å². The highest BCUT2D eigenvalue weighted by Gasteiger charge is 1.97. The number of hydrogen-bond donors (Lipinski definition) is 2. The number of ketones is 1. The van der Waals surface area contributed by atoms with Crippen LogP contribution in [0.15, 0.2) is 77.0 Å². The molecule has 0 aromatic heterocycles. The Bertz CT molecular complexity index is 771. The molecule has 0 amide bonds. The van der Waals surface area contributed by atoms with E-state index in [0.29, 0.717) is 0 Å². The van der Waals surface area contributed by atoms with Crippen LogP contribution < -0.4 is 0 Å². The number of aliphatic hydroxyl groups is 1. The van der Waals surface area contributed by atoms with Gasteiger partial charge in [0.25, 0.3) is 0 Å². The van der Waals surface area contributed by atoms with Gasteiger partial charge in [-0.05, 0) is 47.6 Å². The van der Waals surface area contributed by atoms with Gasteiger partial charge in [0.15, 0.2) is 5.78 Å². The van der Waals surface area contributed by atoms with E-state index in [-0.39, 0.29) is 17.3 Å². The van der Waals surface area contributed by atoms with Crippen LogP contribution in [-0.2, 0) is 4.79 Å². The van der Waals surface area contributed by atoms with Crippen LogP contribution in [0, 0.1) is 0 Å². The summed E-state index contributed by atoms with van der Waals surface area (Å²) >= 11 is 3.40. The summed E-state index contributed by atoms with van der Waals surface area (Å²) in [7, 11) is 0. The van der Waals surface area contributed by atoms with Crippen LogP contribution in [0.5, 0.6) is 5.75 Å². The lowest BCUT2D eigenvalue weighted by atomic mass is 10.1. The zero-order valence-corrected chi connectivity index (χ0v) is 13.8. The second kappa shape index (κ2) is 8.15. The highest BCUT2D eigenvalue weighted by molar-refractivity contribution is 9.10. The summed E-state index contributed by atoms with van der Waals surface area (Å²) < 4.78 is 0.893. The van der Waals surface area contributed by atoms with Gasteiger partial charge in [-0.25, -0.2) is 0 Å². The highest BCUT2D eigenvalue weighted by atomic mass is 79.9. The molecule has 0 fully saturated rings. The van der Waals surface area contributed by atoms with Crippen molar-refractivity contribution in [1.82, 2.24) is 0 Å². The van der Waals surface area contributed by atoms with Crippen molar-refractivity contribution in [1.29, 1.82) is 0 Å². The maximum atomic E-state index is 11.8. The SMILES string of the molecule is O=C(/C=C(O)/C=C/c1ccc(O)cc1)/C=C/c1ccccc1Br. The minimum Gasteiger partial charge on any atom is -0.508 e. The zero-order chi connectivity index (χ0) is 16.7. The van der Waals surface area contributed by atoms with E-state index in [1.54, 1.807) is 36.4 Å². The molecule has 0 atom stereocenters. The summed E-state index contributed by atoms with van der Waals surface area (Å²) in [5.74, 6) is -0.275. The second-order valence-electron chi connectivity index (χ2n) is 4.75. The Kier molecular flexibility index (Phi) is 5.94. The highest BCUT2D eigenvalue weighted by Crippen LogP contribution is 2.17. The number of rotatable bonds is 5. The van der Waals surface area contributed by atoms with E-state index < -0.39 is 0 Å². The third kappa shape index (κ3) is 5.60. The lowest BCUT2D eigenvalue weighted by molar-refractivity contribution is -0.110. The van der Waals surface area contributed by atoms with E-state index in [1.807, 2.05) is 24.3 Å². The number of aliphatic hydroxyl groups excluding tert-OH is 1. The van der Waals surface area contributed by atoms with Crippen LogP contribution in [0.2, 0.25) is 0 Å². The third-order valence-corrected chi connectivity index (χ3v) is 3.68. The molecule has 0 aliphatic rings. The minimum absolute atomic E-state index is 0.139. The van der Waals surface area contributed by atoms with Crippen molar-refractivity contribution < 1.29 is 15.0 Å².